The van der Waals surface area contributed by atoms with Gasteiger partial charge in [0.05, 0.1) is 10.5 Å². The highest BCUT2D eigenvalue weighted by molar-refractivity contribution is 7.98. The van der Waals surface area contributed by atoms with Crippen LogP contribution in [-0.2, 0) is 4.79 Å². The van der Waals surface area contributed by atoms with E-state index in [2.05, 4.69) is 17.3 Å². The lowest BCUT2D eigenvalue weighted by Crippen LogP contribution is -2.61. The number of nitrogens with zero attached hydrogens (tertiary/aromatic N) is 1. The van der Waals surface area contributed by atoms with Gasteiger partial charge in [0.2, 0.25) is 5.91 Å². The van der Waals surface area contributed by atoms with E-state index in [4.69, 9.17) is 18.0 Å². The quantitative estimate of drug-likeness (QED) is 0.720. The minimum Gasteiger partial charge on any atom is -0.391 e. The van der Waals surface area contributed by atoms with E-state index in [0.717, 1.165) is 31.7 Å². The van der Waals surface area contributed by atoms with Crippen molar-refractivity contribution in [1.82, 2.24) is 10.2 Å². The van der Waals surface area contributed by atoms with Crippen molar-refractivity contribution in [3.63, 3.8) is 0 Å². The third-order valence-electron chi connectivity index (χ3n) is 3.22. The summed E-state index contributed by atoms with van der Waals surface area (Å²) in [5.41, 5.74) is 5.36. The molecule has 1 fully saturated rings. The summed E-state index contributed by atoms with van der Waals surface area (Å²) in [6.45, 7) is 1.83. The van der Waals surface area contributed by atoms with Crippen LogP contribution in [0.3, 0.4) is 0 Å². The van der Waals surface area contributed by atoms with Crippen molar-refractivity contribution in [3.05, 3.63) is 0 Å². The number of piperidine rings is 1. The summed E-state index contributed by atoms with van der Waals surface area (Å²) in [4.78, 5) is 14.5. The van der Waals surface area contributed by atoms with Crippen LogP contribution in [0.15, 0.2) is 0 Å². The van der Waals surface area contributed by atoms with Gasteiger partial charge in [-0.3, -0.25) is 4.79 Å². The molecular formula is C11H21N3OS2. The van der Waals surface area contributed by atoms with E-state index in [9.17, 15) is 4.79 Å². The van der Waals surface area contributed by atoms with E-state index in [1.165, 1.54) is 0 Å². The summed E-state index contributed by atoms with van der Waals surface area (Å²) in [6.07, 6.45) is 4.14. The largest absolute Gasteiger partial charge is 0.391 e. The van der Waals surface area contributed by atoms with Gasteiger partial charge < -0.3 is 16.0 Å². The molecule has 1 heterocycles. The van der Waals surface area contributed by atoms with Crippen LogP contribution in [0.2, 0.25) is 0 Å². The Balaban J connectivity index is 2.60. The van der Waals surface area contributed by atoms with Gasteiger partial charge in [0.15, 0.2) is 0 Å². The summed E-state index contributed by atoms with van der Waals surface area (Å²) in [6, 6.07) is 0. The highest BCUT2D eigenvalue weighted by atomic mass is 32.2. The average Bonchev–Trinajstić information content (AvgIpc) is 2.29. The van der Waals surface area contributed by atoms with Gasteiger partial charge in [0.25, 0.3) is 0 Å². The van der Waals surface area contributed by atoms with Crippen LogP contribution in [0.25, 0.3) is 0 Å². The molecular weight excluding hydrogens is 254 g/mol. The molecule has 1 amide bonds. The normalized spacial score (nSPS) is 19.9. The fourth-order valence-corrected chi connectivity index (χ4v) is 2.60. The van der Waals surface area contributed by atoms with Gasteiger partial charge in [-0.25, -0.2) is 0 Å². The molecule has 0 saturated carbocycles. The molecule has 0 aromatic rings. The van der Waals surface area contributed by atoms with Crippen molar-refractivity contribution < 1.29 is 4.79 Å². The number of rotatable bonds is 5. The van der Waals surface area contributed by atoms with Crippen LogP contribution in [0.4, 0.5) is 0 Å². The number of nitrogens with two attached hydrogens (primary N) is 1. The highest BCUT2D eigenvalue weighted by Gasteiger charge is 2.37. The Bertz CT molecular complexity index is 288. The summed E-state index contributed by atoms with van der Waals surface area (Å²) in [5, 5.41) is 3.04. The van der Waals surface area contributed by atoms with Gasteiger partial charge in [-0.1, -0.05) is 12.2 Å². The molecule has 0 atom stereocenters. The number of nitrogens with one attached hydrogen (secondary N) is 1. The number of hydrogen-bond acceptors (Lipinski definition) is 4. The molecule has 1 rings (SSSR count). The summed E-state index contributed by atoms with van der Waals surface area (Å²) in [5.74, 6) is 0.885. The standard InChI is InChI=1S/C11H21N3OS2/c1-14-6-4-11(5-7-14,10(12)16)13-9(15)3-8-17-2/h3-8H2,1-2H3,(H2,12,16)(H,13,15). The smallest absolute Gasteiger partial charge is 0.221 e. The first-order chi connectivity index (χ1) is 8.00. The summed E-state index contributed by atoms with van der Waals surface area (Å²) in [7, 11) is 2.07. The maximum Gasteiger partial charge on any atom is 0.221 e. The molecule has 17 heavy (non-hydrogen) atoms. The molecule has 3 N–H and O–H groups in total. The number of carbonyl (C=O) groups excluding carboxylic acids is 1. The second-order valence-electron chi connectivity index (χ2n) is 4.54. The van der Waals surface area contributed by atoms with Crippen molar-refractivity contribution in [3.8, 4) is 0 Å². The van der Waals surface area contributed by atoms with Gasteiger partial charge in [-0.05, 0) is 26.1 Å². The van der Waals surface area contributed by atoms with E-state index >= 15 is 0 Å². The minimum absolute atomic E-state index is 0.0525. The number of carbonyl (C=O) groups is 1. The first kappa shape index (κ1) is 14.7. The first-order valence-electron chi connectivity index (χ1n) is 5.78. The van der Waals surface area contributed by atoms with Crippen LogP contribution in [0.5, 0.6) is 0 Å². The number of amides is 1. The van der Waals surface area contributed by atoms with Crippen LogP contribution in [0.1, 0.15) is 19.3 Å². The van der Waals surface area contributed by atoms with Crippen molar-refractivity contribution in [2.45, 2.75) is 24.8 Å². The topological polar surface area (TPSA) is 58.4 Å². The highest BCUT2D eigenvalue weighted by Crippen LogP contribution is 2.22. The predicted molar refractivity (Wildman–Crippen MR) is 77.4 cm³/mol. The second kappa shape index (κ2) is 6.56. The Hall–Kier alpha value is -0.330. The molecule has 0 aromatic heterocycles. The molecule has 0 spiro atoms. The van der Waals surface area contributed by atoms with Gasteiger partial charge in [0, 0.05) is 25.3 Å². The molecule has 0 aromatic carbocycles. The molecule has 4 nitrogen and oxygen atoms in total. The monoisotopic (exact) mass is 275 g/mol. The van der Waals surface area contributed by atoms with Gasteiger partial charge >= 0.3 is 0 Å². The number of hydrogen-bond donors (Lipinski definition) is 2. The fraction of sp³-hybridized carbons (Fsp3) is 0.818. The van der Waals surface area contributed by atoms with Crippen molar-refractivity contribution in [1.29, 1.82) is 0 Å². The lowest BCUT2D eigenvalue weighted by molar-refractivity contribution is -0.122. The molecule has 6 heteroatoms. The fourth-order valence-electron chi connectivity index (χ4n) is 1.96. The molecule has 1 aliphatic rings. The minimum atomic E-state index is -0.461. The Labute approximate surface area is 113 Å². The molecule has 1 aliphatic heterocycles. The molecule has 1 saturated heterocycles. The molecule has 98 valence electrons. The maximum atomic E-state index is 11.8. The van der Waals surface area contributed by atoms with Crippen molar-refractivity contribution in [2.75, 3.05) is 32.1 Å². The van der Waals surface area contributed by atoms with Gasteiger partial charge in [-0.15, -0.1) is 0 Å². The molecule has 0 aliphatic carbocycles. The Kier molecular flexibility index (Phi) is 5.69. The van der Waals surface area contributed by atoms with Crippen LogP contribution < -0.4 is 11.1 Å². The number of thioether (sulfide) groups is 1. The third-order valence-corrected chi connectivity index (χ3v) is 4.23. The Morgan fingerprint density at radius 3 is 2.59 bits per heavy atom. The van der Waals surface area contributed by atoms with Gasteiger partial charge in [-0.2, -0.15) is 11.8 Å². The zero-order valence-corrected chi connectivity index (χ0v) is 12.1. The van der Waals surface area contributed by atoms with Crippen LogP contribution >= 0.6 is 24.0 Å². The van der Waals surface area contributed by atoms with E-state index in [0.29, 0.717) is 11.4 Å². The molecule has 0 radical (unpaired) electrons. The van der Waals surface area contributed by atoms with E-state index in [1.807, 2.05) is 6.26 Å². The lowest BCUT2D eigenvalue weighted by atomic mass is 9.87. The zero-order chi connectivity index (χ0) is 12.9. The van der Waals surface area contributed by atoms with Gasteiger partial charge in [0.1, 0.15) is 0 Å². The second-order valence-corrected chi connectivity index (χ2v) is 5.97. The summed E-state index contributed by atoms with van der Waals surface area (Å²) < 4.78 is 0. The van der Waals surface area contributed by atoms with Crippen molar-refractivity contribution >= 4 is 34.9 Å². The Morgan fingerprint density at radius 1 is 1.53 bits per heavy atom. The first-order valence-corrected chi connectivity index (χ1v) is 7.59. The summed E-state index contributed by atoms with van der Waals surface area (Å²) >= 11 is 6.80. The van der Waals surface area contributed by atoms with Crippen molar-refractivity contribution in [2.24, 2.45) is 5.73 Å². The number of thiocarbonyl (C=S) groups is 1. The van der Waals surface area contributed by atoms with E-state index in [-0.39, 0.29) is 5.91 Å². The SMILES string of the molecule is CSCCC(=O)NC1(C(N)=S)CCN(C)CC1. The molecule has 0 bridgehead atoms. The van der Waals surface area contributed by atoms with Crippen LogP contribution in [0, 0.1) is 0 Å². The van der Waals surface area contributed by atoms with E-state index in [1.54, 1.807) is 11.8 Å². The lowest BCUT2D eigenvalue weighted by Gasteiger charge is -2.40. The predicted octanol–water partition coefficient (Wildman–Crippen LogP) is 0.606. The Morgan fingerprint density at radius 2 is 2.12 bits per heavy atom. The molecule has 0 unspecified atom stereocenters. The number of likely N-dealkylation sites (tertiary alicyclic amines) is 1. The van der Waals surface area contributed by atoms with Crippen LogP contribution in [-0.4, -0.2) is 53.5 Å². The van der Waals surface area contributed by atoms with E-state index < -0.39 is 5.54 Å². The maximum absolute atomic E-state index is 11.8. The average molecular weight is 275 g/mol. The zero-order valence-electron chi connectivity index (χ0n) is 10.5. The third kappa shape index (κ3) is 4.12.